The first-order valence-corrected chi connectivity index (χ1v) is 7.41. The number of carbonyl (C=O) groups is 1. The lowest BCUT2D eigenvalue weighted by atomic mass is 10.3. The molecule has 1 atom stereocenters. The summed E-state index contributed by atoms with van der Waals surface area (Å²) >= 11 is 4.98. The van der Waals surface area contributed by atoms with E-state index in [1.165, 1.54) is 7.11 Å². The van der Waals surface area contributed by atoms with Crippen LogP contribution in [0, 0.1) is 0 Å². The van der Waals surface area contributed by atoms with Crippen LogP contribution in [0.2, 0.25) is 0 Å². The molecule has 0 saturated heterocycles. The van der Waals surface area contributed by atoms with Crippen molar-refractivity contribution in [3.05, 3.63) is 29.0 Å². The third-order valence-corrected chi connectivity index (χ3v) is 4.10. The summed E-state index contributed by atoms with van der Waals surface area (Å²) in [5.74, 6) is -0.200. The second-order valence-electron chi connectivity index (χ2n) is 4.04. The second-order valence-corrected chi connectivity index (χ2v) is 6.44. The molecule has 4 nitrogen and oxygen atoms in total. The highest BCUT2D eigenvalue weighted by Crippen LogP contribution is 2.30. The molecule has 0 aliphatic heterocycles. The fourth-order valence-electron chi connectivity index (χ4n) is 1.65. The lowest BCUT2D eigenvalue weighted by molar-refractivity contribution is -0.140. The van der Waals surface area contributed by atoms with E-state index in [0.29, 0.717) is 6.42 Å². The number of methoxy groups -OCH3 is 1. The van der Waals surface area contributed by atoms with Crippen molar-refractivity contribution in [3.63, 3.8) is 0 Å². The second kappa shape index (κ2) is 6.34. The minimum absolute atomic E-state index is 0.128. The SMILES string of the molecule is COC(=O)CC(C)Sc1ccnc2cc(Br)cnc12. The molecular weight excluding hydrogens is 328 g/mol. The summed E-state index contributed by atoms with van der Waals surface area (Å²) in [6, 6.07) is 3.85. The largest absolute Gasteiger partial charge is 0.469 e. The topological polar surface area (TPSA) is 52.1 Å². The molecule has 2 rings (SSSR count). The van der Waals surface area contributed by atoms with Crippen LogP contribution in [0.5, 0.6) is 0 Å². The summed E-state index contributed by atoms with van der Waals surface area (Å²) in [4.78, 5) is 20.9. The fraction of sp³-hybridized carbons (Fsp3) is 0.308. The van der Waals surface area contributed by atoms with Gasteiger partial charge in [-0.05, 0) is 28.1 Å². The van der Waals surface area contributed by atoms with Gasteiger partial charge in [-0.25, -0.2) is 0 Å². The Morgan fingerprint density at radius 3 is 3.05 bits per heavy atom. The Morgan fingerprint density at radius 1 is 1.53 bits per heavy atom. The van der Waals surface area contributed by atoms with Crippen LogP contribution in [0.25, 0.3) is 11.0 Å². The van der Waals surface area contributed by atoms with Crippen molar-refractivity contribution >= 4 is 44.7 Å². The van der Waals surface area contributed by atoms with Gasteiger partial charge < -0.3 is 4.74 Å². The van der Waals surface area contributed by atoms with E-state index in [9.17, 15) is 4.79 Å². The molecule has 0 radical (unpaired) electrons. The van der Waals surface area contributed by atoms with E-state index < -0.39 is 0 Å². The summed E-state index contributed by atoms with van der Waals surface area (Å²) in [6.07, 6.45) is 3.88. The zero-order chi connectivity index (χ0) is 13.8. The van der Waals surface area contributed by atoms with Crippen LogP contribution in [0.15, 0.2) is 33.9 Å². The number of hydrogen-bond acceptors (Lipinski definition) is 5. The normalized spacial score (nSPS) is 12.4. The Labute approximate surface area is 124 Å². The number of esters is 1. The number of carbonyl (C=O) groups excluding carboxylic acids is 1. The number of thioether (sulfide) groups is 1. The Bertz CT molecular complexity index is 606. The van der Waals surface area contributed by atoms with Gasteiger partial charge in [-0.15, -0.1) is 11.8 Å². The van der Waals surface area contributed by atoms with Crippen molar-refractivity contribution in [1.29, 1.82) is 0 Å². The molecule has 100 valence electrons. The standard InChI is InChI=1S/C13H13BrN2O2S/c1-8(5-12(17)18-2)19-11-3-4-15-10-6-9(14)7-16-13(10)11/h3-4,6-8H,5H2,1-2H3. The first-order valence-electron chi connectivity index (χ1n) is 5.74. The predicted octanol–water partition coefficient (Wildman–Crippen LogP) is 3.44. The van der Waals surface area contributed by atoms with Crippen molar-refractivity contribution in [3.8, 4) is 0 Å². The zero-order valence-corrected chi connectivity index (χ0v) is 13.0. The highest BCUT2D eigenvalue weighted by atomic mass is 79.9. The minimum atomic E-state index is -0.200. The molecular formula is C13H13BrN2O2S. The number of hydrogen-bond donors (Lipinski definition) is 0. The van der Waals surface area contributed by atoms with Gasteiger partial charge in [0.15, 0.2) is 0 Å². The van der Waals surface area contributed by atoms with Gasteiger partial charge in [0.25, 0.3) is 0 Å². The molecule has 0 bridgehead atoms. The average molecular weight is 341 g/mol. The number of halogens is 1. The summed E-state index contributed by atoms with van der Waals surface area (Å²) in [7, 11) is 1.40. The molecule has 2 aromatic heterocycles. The van der Waals surface area contributed by atoms with Gasteiger partial charge in [-0.3, -0.25) is 14.8 Å². The van der Waals surface area contributed by atoms with E-state index in [0.717, 1.165) is 20.4 Å². The third-order valence-electron chi connectivity index (χ3n) is 2.52. The zero-order valence-electron chi connectivity index (χ0n) is 10.6. The fourth-order valence-corrected chi connectivity index (χ4v) is 3.03. The highest BCUT2D eigenvalue weighted by molar-refractivity contribution is 9.10. The van der Waals surface area contributed by atoms with E-state index in [2.05, 4.69) is 30.6 Å². The van der Waals surface area contributed by atoms with Crippen molar-refractivity contribution in [2.75, 3.05) is 7.11 Å². The number of nitrogens with zero attached hydrogens (tertiary/aromatic N) is 2. The molecule has 0 amide bonds. The molecule has 0 spiro atoms. The maximum atomic E-state index is 11.3. The number of ether oxygens (including phenoxy) is 1. The number of rotatable bonds is 4. The average Bonchev–Trinajstić information content (AvgIpc) is 2.38. The van der Waals surface area contributed by atoms with Crippen molar-refractivity contribution in [2.24, 2.45) is 0 Å². The minimum Gasteiger partial charge on any atom is -0.469 e. The van der Waals surface area contributed by atoms with E-state index in [1.807, 2.05) is 19.1 Å². The first-order chi connectivity index (χ1) is 9.10. The van der Waals surface area contributed by atoms with Gasteiger partial charge in [0.1, 0.15) is 5.52 Å². The maximum absolute atomic E-state index is 11.3. The number of fused-ring (bicyclic) bond motifs is 1. The molecule has 0 aliphatic carbocycles. The van der Waals surface area contributed by atoms with Gasteiger partial charge in [-0.2, -0.15) is 0 Å². The quantitative estimate of drug-likeness (QED) is 0.630. The van der Waals surface area contributed by atoms with Crippen molar-refractivity contribution in [2.45, 2.75) is 23.5 Å². The molecule has 0 N–H and O–H groups in total. The van der Waals surface area contributed by atoms with Gasteiger partial charge in [0.05, 0.1) is 19.0 Å². The molecule has 0 saturated carbocycles. The van der Waals surface area contributed by atoms with E-state index in [-0.39, 0.29) is 11.2 Å². The molecule has 0 aliphatic rings. The van der Waals surface area contributed by atoms with Crippen LogP contribution >= 0.6 is 27.7 Å². The van der Waals surface area contributed by atoms with Crippen LogP contribution < -0.4 is 0 Å². The number of aromatic nitrogens is 2. The highest BCUT2D eigenvalue weighted by Gasteiger charge is 2.13. The first kappa shape index (κ1) is 14.3. The summed E-state index contributed by atoms with van der Waals surface area (Å²) in [5, 5.41) is 0.128. The molecule has 2 aromatic rings. The van der Waals surface area contributed by atoms with E-state index >= 15 is 0 Å². The van der Waals surface area contributed by atoms with E-state index in [1.54, 1.807) is 24.2 Å². The van der Waals surface area contributed by atoms with Crippen LogP contribution in [-0.4, -0.2) is 28.3 Å². The van der Waals surface area contributed by atoms with E-state index in [4.69, 9.17) is 0 Å². The van der Waals surface area contributed by atoms with Gasteiger partial charge in [-0.1, -0.05) is 6.92 Å². The van der Waals surface area contributed by atoms with Crippen molar-refractivity contribution < 1.29 is 9.53 Å². The third kappa shape index (κ3) is 3.67. The lowest BCUT2D eigenvalue weighted by Gasteiger charge is -2.11. The van der Waals surface area contributed by atoms with Gasteiger partial charge >= 0.3 is 5.97 Å². The maximum Gasteiger partial charge on any atom is 0.306 e. The van der Waals surface area contributed by atoms with Crippen LogP contribution in [0.1, 0.15) is 13.3 Å². The lowest BCUT2D eigenvalue weighted by Crippen LogP contribution is -2.08. The Balaban J connectivity index is 2.23. The Kier molecular flexibility index (Phi) is 4.76. The summed E-state index contributed by atoms with van der Waals surface area (Å²) < 4.78 is 5.58. The van der Waals surface area contributed by atoms with Crippen molar-refractivity contribution in [1.82, 2.24) is 9.97 Å². The Morgan fingerprint density at radius 2 is 2.32 bits per heavy atom. The van der Waals surface area contributed by atoms with Crippen LogP contribution in [-0.2, 0) is 9.53 Å². The van der Waals surface area contributed by atoms with Crippen LogP contribution in [0.3, 0.4) is 0 Å². The molecule has 6 heteroatoms. The number of pyridine rings is 2. The molecule has 19 heavy (non-hydrogen) atoms. The Hall–Kier alpha value is -1.14. The summed E-state index contributed by atoms with van der Waals surface area (Å²) in [6.45, 7) is 1.99. The molecule has 1 unspecified atom stereocenters. The molecule has 2 heterocycles. The van der Waals surface area contributed by atoms with Gasteiger partial charge in [0, 0.05) is 27.0 Å². The molecule has 0 fully saturated rings. The molecule has 0 aromatic carbocycles. The summed E-state index contributed by atoms with van der Waals surface area (Å²) in [5.41, 5.74) is 1.69. The van der Waals surface area contributed by atoms with Gasteiger partial charge in [0.2, 0.25) is 0 Å². The van der Waals surface area contributed by atoms with Crippen LogP contribution in [0.4, 0.5) is 0 Å². The predicted molar refractivity (Wildman–Crippen MR) is 79.2 cm³/mol. The monoisotopic (exact) mass is 340 g/mol. The smallest absolute Gasteiger partial charge is 0.306 e.